The van der Waals surface area contributed by atoms with Crippen LogP contribution in [0.5, 0.6) is 0 Å². The Balaban J connectivity index is 1.77. The lowest BCUT2D eigenvalue weighted by atomic mass is 9.92. The van der Waals surface area contributed by atoms with Crippen LogP contribution in [-0.4, -0.2) is 37.0 Å². The molecule has 17 heavy (non-hydrogen) atoms. The molecule has 0 spiro atoms. The largest absolute Gasteiger partial charge is 0.343 e. The molecule has 1 atom stereocenters. The van der Waals surface area contributed by atoms with Crippen molar-refractivity contribution in [3.63, 3.8) is 0 Å². The minimum atomic E-state index is 0.366. The Labute approximate surface area is 105 Å². The predicted octanol–water partition coefficient (Wildman–Crippen LogP) is 2.17. The zero-order valence-electron chi connectivity index (χ0n) is 11.1. The van der Waals surface area contributed by atoms with Gasteiger partial charge < -0.3 is 10.2 Å². The molecule has 3 nitrogen and oxygen atoms in total. The Morgan fingerprint density at radius 1 is 1.18 bits per heavy atom. The van der Waals surface area contributed by atoms with Gasteiger partial charge in [-0.2, -0.15) is 0 Å². The van der Waals surface area contributed by atoms with E-state index in [-0.39, 0.29) is 0 Å². The Bertz CT molecular complexity index is 243. The molecule has 1 saturated heterocycles. The van der Waals surface area contributed by atoms with Crippen LogP contribution in [0.4, 0.5) is 0 Å². The van der Waals surface area contributed by atoms with Gasteiger partial charge in [-0.05, 0) is 44.7 Å². The summed E-state index contributed by atoms with van der Waals surface area (Å²) < 4.78 is 0. The zero-order chi connectivity index (χ0) is 12.1. The molecular formula is C14H26N2O. The van der Waals surface area contributed by atoms with E-state index in [1.807, 2.05) is 11.9 Å². The Morgan fingerprint density at radius 2 is 1.94 bits per heavy atom. The highest BCUT2D eigenvalue weighted by Gasteiger charge is 2.24. The maximum Gasteiger partial charge on any atom is 0.222 e. The molecule has 2 aliphatic rings. The highest BCUT2D eigenvalue weighted by molar-refractivity contribution is 5.76. The average Bonchev–Trinajstić information content (AvgIpc) is 2.40. The minimum absolute atomic E-state index is 0.366. The van der Waals surface area contributed by atoms with Gasteiger partial charge in [-0.15, -0.1) is 0 Å². The molecule has 1 heterocycles. The number of nitrogens with zero attached hydrogens (tertiary/aromatic N) is 1. The first-order valence-electron chi connectivity index (χ1n) is 7.24. The van der Waals surface area contributed by atoms with E-state index >= 15 is 0 Å². The van der Waals surface area contributed by atoms with Crippen LogP contribution in [0.3, 0.4) is 0 Å². The third kappa shape index (κ3) is 3.70. The molecule has 2 fully saturated rings. The van der Waals surface area contributed by atoms with Gasteiger partial charge in [0.15, 0.2) is 0 Å². The summed E-state index contributed by atoms with van der Waals surface area (Å²) in [6, 6.07) is 0.521. The predicted molar refractivity (Wildman–Crippen MR) is 69.9 cm³/mol. The molecule has 3 heteroatoms. The number of hydrogen-bond acceptors (Lipinski definition) is 2. The van der Waals surface area contributed by atoms with Crippen LogP contribution >= 0.6 is 0 Å². The Hall–Kier alpha value is -0.570. The van der Waals surface area contributed by atoms with Crippen LogP contribution in [0.15, 0.2) is 0 Å². The number of hydrogen-bond donors (Lipinski definition) is 1. The van der Waals surface area contributed by atoms with Gasteiger partial charge in [0.2, 0.25) is 5.91 Å². The topological polar surface area (TPSA) is 32.3 Å². The van der Waals surface area contributed by atoms with Crippen LogP contribution in [0, 0.1) is 5.92 Å². The lowest BCUT2D eigenvalue weighted by molar-refractivity contribution is -0.133. The SMILES string of the molecule is CN(C(=O)CC1CCCNC1)C1CCCCC1. The monoisotopic (exact) mass is 238 g/mol. The van der Waals surface area contributed by atoms with Gasteiger partial charge in [-0.3, -0.25) is 4.79 Å². The summed E-state index contributed by atoms with van der Waals surface area (Å²) in [6.45, 7) is 2.16. The Morgan fingerprint density at radius 3 is 2.59 bits per heavy atom. The summed E-state index contributed by atoms with van der Waals surface area (Å²) in [6.07, 6.45) is 9.57. The lowest BCUT2D eigenvalue weighted by Gasteiger charge is -2.33. The third-order valence-corrected chi connectivity index (χ3v) is 4.38. The van der Waals surface area contributed by atoms with Crippen molar-refractivity contribution in [2.45, 2.75) is 57.4 Å². The van der Waals surface area contributed by atoms with Gasteiger partial charge in [0.05, 0.1) is 0 Å². The molecule has 1 aliphatic heterocycles. The van der Waals surface area contributed by atoms with E-state index in [4.69, 9.17) is 0 Å². The molecular weight excluding hydrogens is 212 g/mol. The normalized spacial score (nSPS) is 26.8. The first-order valence-corrected chi connectivity index (χ1v) is 7.24. The summed E-state index contributed by atoms with van der Waals surface area (Å²) in [5, 5.41) is 3.39. The summed E-state index contributed by atoms with van der Waals surface area (Å²) in [5.74, 6) is 0.938. The van der Waals surface area contributed by atoms with E-state index in [2.05, 4.69) is 5.32 Å². The molecule has 1 amide bonds. The second-order valence-corrected chi connectivity index (χ2v) is 5.71. The summed E-state index contributed by atoms with van der Waals surface area (Å²) in [4.78, 5) is 14.2. The Kier molecular flexibility index (Phi) is 4.84. The quantitative estimate of drug-likeness (QED) is 0.817. The molecule has 0 aromatic heterocycles. The maximum atomic E-state index is 12.2. The van der Waals surface area contributed by atoms with Gasteiger partial charge in [0.25, 0.3) is 0 Å². The smallest absolute Gasteiger partial charge is 0.222 e. The molecule has 0 radical (unpaired) electrons. The minimum Gasteiger partial charge on any atom is -0.343 e. The van der Waals surface area contributed by atoms with Crippen LogP contribution < -0.4 is 5.32 Å². The van der Waals surface area contributed by atoms with Crippen LogP contribution in [0.2, 0.25) is 0 Å². The fourth-order valence-corrected chi connectivity index (χ4v) is 3.16. The summed E-state index contributed by atoms with van der Waals surface area (Å²) in [5.41, 5.74) is 0. The highest BCUT2D eigenvalue weighted by Crippen LogP contribution is 2.23. The number of carbonyl (C=O) groups excluding carboxylic acids is 1. The summed E-state index contributed by atoms with van der Waals surface area (Å²) >= 11 is 0. The standard InChI is InChI=1S/C14H26N2O/c1-16(13-7-3-2-4-8-13)14(17)10-12-6-5-9-15-11-12/h12-13,15H,2-11H2,1H3. The molecule has 1 unspecified atom stereocenters. The van der Waals surface area contributed by atoms with E-state index in [1.54, 1.807) is 0 Å². The number of carbonyl (C=O) groups is 1. The van der Waals surface area contributed by atoms with Crippen molar-refractivity contribution in [2.24, 2.45) is 5.92 Å². The van der Waals surface area contributed by atoms with Gasteiger partial charge in [-0.1, -0.05) is 19.3 Å². The van der Waals surface area contributed by atoms with Crippen molar-refractivity contribution in [1.82, 2.24) is 10.2 Å². The first-order chi connectivity index (χ1) is 8.27. The fraction of sp³-hybridized carbons (Fsp3) is 0.929. The van der Waals surface area contributed by atoms with E-state index in [1.165, 1.54) is 44.9 Å². The van der Waals surface area contributed by atoms with Crippen molar-refractivity contribution in [3.05, 3.63) is 0 Å². The van der Waals surface area contributed by atoms with E-state index < -0.39 is 0 Å². The molecule has 1 aliphatic carbocycles. The highest BCUT2D eigenvalue weighted by atomic mass is 16.2. The number of rotatable bonds is 3. The van der Waals surface area contributed by atoms with E-state index in [0.29, 0.717) is 17.9 Å². The van der Waals surface area contributed by atoms with E-state index in [0.717, 1.165) is 19.5 Å². The van der Waals surface area contributed by atoms with Crippen LogP contribution in [-0.2, 0) is 4.79 Å². The average molecular weight is 238 g/mol. The molecule has 0 aromatic carbocycles. The van der Waals surface area contributed by atoms with Crippen molar-refractivity contribution >= 4 is 5.91 Å². The fourth-order valence-electron chi connectivity index (χ4n) is 3.16. The second-order valence-electron chi connectivity index (χ2n) is 5.71. The van der Waals surface area contributed by atoms with Gasteiger partial charge in [0.1, 0.15) is 0 Å². The molecule has 1 N–H and O–H groups in total. The molecule has 98 valence electrons. The number of nitrogens with one attached hydrogen (secondary N) is 1. The van der Waals surface area contributed by atoms with Crippen molar-refractivity contribution in [2.75, 3.05) is 20.1 Å². The molecule has 0 aromatic rings. The van der Waals surface area contributed by atoms with Gasteiger partial charge in [0, 0.05) is 19.5 Å². The molecule has 2 rings (SSSR count). The van der Waals surface area contributed by atoms with Crippen molar-refractivity contribution in [1.29, 1.82) is 0 Å². The van der Waals surface area contributed by atoms with Gasteiger partial charge in [-0.25, -0.2) is 0 Å². The van der Waals surface area contributed by atoms with Crippen LogP contribution in [0.1, 0.15) is 51.4 Å². The van der Waals surface area contributed by atoms with Gasteiger partial charge >= 0.3 is 0 Å². The zero-order valence-corrected chi connectivity index (χ0v) is 11.1. The van der Waals surface area contributed by atoms with Crippen molar-refractivity contribution in [3.8, 4) is 0 Å². The second kappa shape index (κ2) is 6.39. The molecule has 0 bridgehead atoms. The number of piperidine rings is 1. The lowest BCUT2D eigenvalue weighted by Crippen LogP contribution is -2.40. The van der Waals surface area contributed by atoms with E-state index in [9.17, 15) is 4.79 Å². The summed E-state index contributed by atoms with van der Waals surface area (Å²) in [7, 11) is 2.01. The maximum absolute atomic E-state index is 12.2. The molecule has 1 saturated carbocycles. The first kappa shape index (κ1) is 12.9. The van der Waals surface area contributed by atoms with Crippen LogP contribution in [0.25, 0.3) is 0 Å². The number of amides is 1. The van der Waals surface area contributed by atoms with Crippen molar-refractivity contribution < 1.29 is 4.79 Å². The third-order valence-electron chi connectivity index (χ3n) is 4.38.